The number of hydrogen-bond donors (Lipinski definition) is 1. The van der Waals surface area contributed by atoms with Crippen LogP contribution in [0.15, 0.2) is 0 Å². The van der Waals surface area contributed by atoms with Gasteiger partial charge in [-0.1, -0.05) is 71.6 Å². The van der Waals surface area contributed by atoms with Crippen LogP contribution < -0.4 is 5.73 Å². The summed E-state index contributed by atoms with van der Waals surface area (Å²) in [7, 11) is 2.23. The number of nitrogens with zero attached hydrogens (tertiary/aromatic N) is 1. The van der Waals surface area contributed by atoms with Crippen molar-refractivity contribution < 1.29 is 0 Å². The van der Waals surface area contributed by atoms with Gasteiger partial charge in [-0.25, -0.2) is 0 Å². The number of nitrogens with two attached hydrogens (primary N) is 1. The molecule has 0 aliphatic rings. The van der Waals surface area contributed by atoms with Crippen molar-refractivity contribution in [1.29, 1.82) is 0 Å². The third kappa shape index (κ3) is 8.97. The normalized spacial score (nSPS) is 14.7. The molecule has 0 heterocycles. The topological polar surface area (TPSA) is 29.3 Å². The predicted octanol–water partition coefficient (Wildman–Crippen LogP) is 4.97. The zero-order valence-electron chi connectivity index (χ0n) is 14.7. The zero-order chi connectivity index (χ0) is 15.3. The minimum absolute atomic E-state index is 0.194. The summed E-state index contributed by atoms with van der Waals surface area (Å²) in [4.78, 5) is 2.46. The molecule has 20 heavy (non-hydrogen) atoms. The maximum Gasteiger partial charge on any atom is 0.0297 e. The highest BCUT2D eigenvalue weighted by Crippen LogP contribution is 2.17. The molecule has 2 heteroatoms. The summed E-state index contributed by atoms with van der Waals surface area (Å²) in [6, 6.07) is 0. The van der Waals surface area contributed by atoms with E-state index in [1.165, 1.54) is 70.8 Å². The molecule has 122 valence electrons. The molecule has 0 radical (unpaired) electrons. The van der Waals surface area contributed by atoms with E-state index in [1.54, 1.807) is 0 Å². The first kappa shape index (κ1) is 19.9. The fourth-order valence-corrected chi connectivity index (χ4v) is 2.68. The van der Waals surface area contributed by atoms with Crippen LogP contribution >= 0.6 is 0 Å². The van der Waals surface area contributed by atoms with Crippen molar-refractivity contribution in [3.8, 4) is 0 Å². The molecule has 0 bridgehead atoms. The molecule has 2 N–H and O–H groups in total. The maximum atomic E-state index is 5.90. The van der Waals surface area contributed by atoms with Gasteiger partial charge in [-0.15, -0.1) is 0 Å². The largest absolute Gasteiger partial charge is 0.329 e. The average Bonchev–Trinajstić information content (AvgIpc) is 2.48. The summed E-state index contributed by atoms with van der Waals surface area (Å²) in [6.45, 7) is 8.76. The maximum absolute atomic E-state index is 5.90. The molecule has 2 nitrogen and oxygen atoms in total. The lowest BCUT2D eigenvalue weighted by atomic mass is 9.96. The molecule has 0 fully saturated rings. The summed E-state index contributed by atoms with van der Waals surface area (Å²) in [6.07, 6.45) is 15.2. The van der Waals surface area contributed by atoms with Crippen molar-refractivity contribution in [3.05, 3.63) is 0 Å². The molecular weight excluding hydrogens is 244 g/mol. The fraction of sp³-hybridized carbons (Fsp3) is 1.00. The standard InChI is InChI=1S/C18H40N2/c1-5-7-8-9-10-11-12-13-14-15-16-20(4)18(3,6-2)17-19/h5-17,19H2,1-4H3. The van der Waals surface area contributed by atoms with E-state index in [2.05, 4.69) is 32.7 Å². The molecule has 0 saturated heterocycles. The Bertz CT molecular complexity index is 200. The molecule has 0 rings (SSSR count). The summed E-state index contributed by atoms with van der Waals surface area (Å²) in [5.74, 6) is 0. The molecule has 0 aliphatic heterocycles. The highest BCUT2D eigenvalue weighted by Gasteiger charge is 2.24. The lowest BCUT2D eigenvalue weighted by Gasteiger charge is -2.37. The quantitative estimate of drug-likeness (QED) is 0.456. The SMILES string of the molecule is CCCCCCCCCCCCN(C)C(C)(CC)CN. The van der Waals surface area contributed by atoms with Crippen molar-refractivity contribution in [3.63, 3.8) is 0 Å². The van der Waals surface area contributed by atoms with Crippen LogP contribution in [0.3, 0.4) is 0 Å². The second-order valence-corrected chi connectivity index (χ2v) is 6.66. The Morgan fingerprint density at radius 3 is 1.65 bits per heavy atom. The Labute approximate surface area is 128 Å². The van der Waals surface area contributed by atoms with Gasteiger partial charge >= 0.3 is 0 Å². The molecule has 1 atom stereocenters. The fourth-order valence-electron chi connectivity index (χ4n) is 2.68. The van der Waals surface area contributed by atoms with Crippen molar-refractivity contribution in [2.45, 2.75) is 96.9 Å². The van der Waals surface area contributed by atoms with Crippen LogP contribution in [0.1, 0.15) is 91.4 Å². The van der Waals surface area contributed by atoms with Gasteiger partial charge in [0.15, 0.2) is 0 Å². The molecule has 0 aromatic rings. The van der Waals surface area contributed by atoms with E-state index in [-0.39, 0.29) is 5.54 Å². The first-order valence-electron chi connectivity index (χ1n) is 9.02. The van der Waals surface area contributed by atoms with E-state index in [4.69, 9.17) is 5.73 Å². The van der Waals surface area contributed by atoms with Crippen molar-refractivity contribution in [1.82, 2.24) is 4.90 Å². The van der Waals surface area contributed by atoms with Gasteiger partial charge in [0.05, 0.1) is 0 Å². The van der Waals surface area contributed by atoms with Crippen LogP contribution in [0.25, 0.3) is 0 Å². The van der Waals surface area contributed by atoms with E-state index in [0.717, 1.165) is 13.0 Å². The van der Waals surface area contributed by atoms with E-state index >= 15 is 0 Å². The highest BCUT2D eigenvalue weighted by atomic mass is 15.2. The minimum Gasteiger partial charge on any atom is -0.329 e. The molecule has 0 aromatic heterocycles. The third-order valence-corrected chi connectivity index (χ3v) is 4.97. The van der Waals surface area contributed by atoms with Crippen molar-refractivity contribution in [2.24, 2.45) is 5.73 Å². The van der Waals surface area contributed by atoms with Gasteiger partial charge in [-0.3, -0.25) is 4.90 Å². The zero-order valence-corrected chi connectivity index (χ0v) is 14.7. The van der Waals surface area contributed by atoms with Gasteiger partial charge < -0.3 is 5.73 Å². The average molecular weight is 285 g/mol. The van der Waals surface area contributed by atoms with Gasteiger partial charge in [-0.05, 0) is 33.4 Å². The molecule has 0 saturated carbocycles. The number of rotatable bonds is 14. The first-order valence-corrected chi connectivity index (χ1v) is 9.02. The smallest absolute Gasteiger partial charge is 0.0297 e. The predicted molar refractivity (Wildman–Crippen MR) is 92.2 cm³/mol. The number of hydrogen-bond acceptors (Lipinski definition) is 2. The first-order chi connectivity index (χ1) is 9.60. The third-order valence-electron chi connectivity index (χ3n) is 4.97. The summed E-state index contributed by atoms with van der Waals surface area (Å²) >= 11 is 0. The van der Waals surface area contributed by atoms with Crippen LogP contribution in [0.5, 0.6) is 0 Å². The Kier molecular flexibility index (Phi) is 12.6. The van der Waals surface area contributed by atoms with E-state index in [1.807, 2.05) is 0 Å². The molecular formula is C18H40N2. The van der Waals surface area contributed by atoms with Crippen LogP contribution in [-0.4, -0.2) is 30.6 Å². The van der Waals surface area contributed by atoms with Gasteiger partial charge in [0.25, 0.3) is 0 Å². The Morgan fingerprint density at radius 1 is 0.800 bits per heavy atom. The summed E-state index contributed by atoms with van der Waals surface area (Å²) < 4.78 is 0. The van der Waals surface area contributed by atoms with E-state index in [9.17, 15) is 0 Å². The molecule has 0 aromatic carbocycles. The Hall–Kier alpha value is -0.0800. The molecule has 1 unspecified atom stereocenters. The second kappa shape index (κ2) is 12.6. The molecule has 0 amide bonds. The number of unbranched alkanes of at least 4 members (excludes halogenated alkanes) is 9. The van der Waals surface area contributed by atoms with Crippen molar-refractivity contribution in [2.75, 3.05) is 20.1 Å². The van der Waals surface area contributed by atoms with Crippen LogP contribution in [-0.2, 0) is 0 Å². The van der Waals surface area contributed by atoms with E-state index in [0.29, 0.717) is 0 Å². The molecule has 0 aliphatic carbocycles. The van der Waals surface area contributed by atoms with Crippen LogP contribution in [0, 0.1) is 0 Å². The molecule has 0 spiro atoms. The second-order valence-electron chi connectivity index (χ2n) is 6.66. The highest BCUT2D eigenvalue weighted by molar-refractivity contribution is 4.83. The minimum atomic E-state index is 0.194. The lowest BCUT2D eigenvalue weighted by molar-refractivity contribution is 0.137. The summed E-state index contributed by atoms with van der Waals surface area (Å²) in [5.41, 5.74) is 6.09. The van der Waals surface area contributed by atoms with Gasteiger partial charge in [0, 0.05) is 12.1 Å². The van der Waals surface area contributed by atoms with Gasteiger partial charge in [0.2, 0.25) is 0 Å². The van der Waals surface area contributed by atoms with Gasteiger partial charge in [-0.2, -0.15) is 0 Å². The Morgan fingerprint density at radius 2 is 1.25 bits per heavy atom. The Balaban J connectivity index is 3.40. The van der Waals surface area contributed by atoms with Crippen LogP contribution in [0.4, 0.5) is 0 Å². The number of likely N-dealkylation sites (N-methyl/N-ethyl adjacent to an activating group) is 1. The van der Waals surface area contributed by atoms with E-state index < -0.39 is 0 Å². The van der Waals surface area contributed by atoms with Crippen LogP contribution in [0.2, 0.25) is 0 Å². The van der Waals surface area contributed by atoms with Gasteiger partial charge in [0.1, 0.15) is 0 Å². The lowest BCUT2D eigenvalue weighted by Crippen LogP contribution is -2.49. The monoisotopic (exact) mass is 284 g/mol. The summed E-state index contributed by atoms with van der Waals surface area (Å²) in [5, 5.41) is 0. The van der Waals surface area contributed by atoms with Crippen molar-refractivity contribution >= 4 is 0 Å².